The second kappa shape index (κ2) is 5.57. The van der Waals surface area contributed by atoms with Gasteiger partial charge in [-0.15, -0.1) is 0 Å². The monoisotopic (exact) mass is 180 g/mol. The van der Waals surface area contributed by atoms with E-state index in [0.717, 1.165) is 5.82 Å². The third-order valence-electron chi connectivity index (χ3n) is 1.17. The minimum Gasteiger partial charge on any atom is -0.365 e. The number of hydrogen-bond donors (Lipinski definition) is 1. The Kier molecular flexibility index (Phi) is 5.12. The molecular formula is C11H20N2. The maximum atomic E-state index is 4.15. The van der Waals surface area contributed by atoms with Crippen molar-refractivity contribution in [2.45, 2.75) is 40.2 Å². The number of hydrogen-bond acceptors (Lipinski definition) is 2. The third kappa shape index (κ3) is 6.14. The first kappa shape index (κ1) is 11.9. The van der Waals surface area contributed by atoms with Gasteiger partial charge in [-0.25, -0.2) is 4.98 Å². The lowest BCUT2D eigenvalue weighted by atomic mass is 10.1. The maximum absolute atomic E-state index is 4.15. The van der Waals surface area contributed by atoms with E-state index < -0.39 is 0 Å². The molecule has 0 amide bonds. The number of aromatic nitrogens is 1. The van der Waals surface area contributed by atoms with Crippen LogP contribution < -0.4 is 5.32 Å². The highest BCUT2D eigenvalue weighted by Crippen LogP contribution is 2.09. The second-order valence-corrected chi connectivity index (χ2v) is 3.59. The van der Waals surface area contributed by atoms with Crippen LogP contribution in [0.3, 0.4) is 0 Å². The summed E-state index contributed by atoms with van der Waals surface area (Å²) in [5.41, 5.74) is 0.0916. The Bertz CT molecular complexity index is 211. The van der Waals surface area contributed by atoms with Gasteiger partial charge in [0.05, 0.1) is 0 Å². The van der Waals surface area contributed by atoms with E-state index in [0.29, 0.717) is 0 Å². The predicted molar refractivity (Wildman–Crippen MR) is 59.0 cm³/mol. The normalized spacial score (nSPS) is 9.92. The quantitative estimate of drug-likeness (QED) is 0.717. The van der Waals surface area contributed by atoms with Crippen LogP contribution in [-0.4, -0.2) is 10.5 Å². The van der Waals surface area contributed by atoms with Crippen LogP contribution in [0, 0.1) is 0 Å². The molecule has 0 spiro atoms. The Balaban J connectivity index is 0.000000671. The van der Waals surface area contributed by atoms with Gasteiger partial charge in [-0.1, -0.05) is 19.9 Å². The van der Waals surface area contributed by atoms with Gasteiger partial charge in [0, 0.05) is 11.7 Å². The molecule has 1 heterocycles. The molecular weight excluding hydrogens is 160 g/mol. The molecule has 0 aliphatic heterocycles. The molecule has 1 N–H and O–H groups in total. The van der Waals surface area contributed by atoms with Gasteiger partial charge in [-0.3, -0.25) is 0 Å². The highest BCUT2D eigenvalue weighted by molar-refractivity contribution is 5.35. The maximum Gasteiger partial charge on any atom is 0.126 e. The van der Waals surface area contributed by atoms with Crippen LogP contribution in [0.4, 0.5) is 5.82 Å². The summed E-state index contributed by atoms with van der Waals surface area (Å²) in [6.07, 6.45) is 1.79. The summed E-state index contributed by atoms with van der Waals surface area (Å²) in [6, 6.07) is 5.85. The number of pyridine rings is 1. The molecule has 13 heavy (non-hydrogen) atoms. The molecule has 1 aromatic heterocycles. The largest absolute Gasteiger partial charge is 0.365 e. The van der Waals surface area contributed by atoms with E-state index >= 15 is 0 Å². The number of nitrogens with one attached hydrogen (secondary N) is 1. The van der Waals surface area contributed by atoms with Crippen LogP contribution in [-0.2, 0) is 0 Å². The molecule has 0 atom stereocenters. The van der Waals surface area contributed by atoms with E-state index in [1.807, 2.05) is 32.0 Å². The lowest BCUT2D eigenvalue weighted by Gasteiger charge is -2.20. The van der Waals surface area contributed by atoms with E-state index in [9.17, 15) is 0 Å². The summed E-state index contributed by atoms with van der Waals surface area (Å²) in [7, 11) is 0. The number of rotatable bonds is 1. The van der Waals surface area contributed by atoms with Crippen LogP contribution in [0.15, 0.2) is 24.4 Å². The first-order valence-corrected chi connectivity index (χ1v) is 4.77. The van der Waals surface area contributed by atoms with Gasteiger partial charge in [0.2, 0.25) is 0 Å². The van der Waals surface area contributed by atoms with Crippen LogP contribution in [0.25, 0.3) is 0 Å². The molecule has 0 radical (unpaired) electrons. The molecule has 0 fully saturated rings. The minimum absolute atomic E-state index is 0.0916. The molecule has 0 bridgehead atoms. The molecule has 0 aromatic carbocycles. The topological polar surface area (TPSA) is 24.9 Å². The van der Waals surface area contributed by atoms with Crippen molar-refractivity contribution in [1.29, 1.82) is 0 Å². The summed E-state index contributed by atoms with van der Waals surface area (Å²) in [5.74, 6) is 0.931. The second-order valence-electron chi connectivity index (χ2n) is 3.59. The predicted octanol–water partition coefficient (Wildman–Crippen LogP) is 3.32. The van der Waals surface area contributed by atoms with E-state index in [2.05, 4.69) is 31.1 Å². The third-order valence-corrected chi connectivity index (χ3v) is 1.17. The van der Waals surface area contributed by atoms with Gasteiger partial charge >= 0.3 is 0 Å². The molecule has 0 aliphatic rings. The highest BCUT2D eigenvalue weighted by atomic mass is 15.0. The fraction of sp³-hybridized carbons (Fsp3) is 0.545. The fourth-order valence-corrected chi connectivity index (χ4v) is 0.821. The molecule has 2 heteroatoms. The first-order chi connectivity index (χ1) is 6.08. The van der Waals surface area contributed by atoms with Crippen molar-refractivity contribution in [3.05, 3.63) is 24.4 Å². The Morgan fingerprint density at radius 2 is 1.77 bits per heavy atom. The van der Waals surface area contributed by atoms with Crippen molar-refractivity contribution in [3.63, 3.8) is 0 Å². The van der Waals surface area contributed by atoms with E-state index in [4.69, 9.17) is 0 Å². The molecule has 1 aromatic rings. The summed E-state index contributed by atoms with van der Waals surface area (Å²) >= 11 is 0. The molecule has 0 saturated heterocycles. The zero-order valence-electron chi connectivity index (χ0n) is 9.26. The smallest absolute Gasteiger partial charge is 0.126 e. The number of nitrogens with zero attached hydrogens (tertiary/aromatic N) is 1. The standard InChI is InChI=1S/C9H14N2.C2H6/c1-9(2,3)11-8-6-4-5-7-10-8;1-2/h4-7H,1-3H3,(H,10,11);1-2H3. The molecule has 74 valence electrons. The van der Waals surface area contributed by atoms with E-state index in [1.54, 1.807) is 6.20 Å². The first-order valence-electron chi connectivity index (χ1n) is 4.77. The fourth-order valence-electron chi connectivity index (χ4n) is 0.821. The molecule has 0 aliphatic carbocycles. The van der Waals surface area contributed by atoms with E-state index in [-0.39, 0.29) is 5.54 Å². The van der Waals surface area contributed by atoms with Gasteiger partial charge in [-0.05, 0) is 32.9 Å². The summed E-state index contributed by atoms with van der Waals surface area (Å²) in [5, 5.41) is 3.27. The average Bonchev–Trinajstić information content (AvgIpc) is 2.07. The van der Waals surface area contributed by atoms with Crippen LogP contribution >= 0.6 is 0 Å². The molecule has 2 nitrogen and oxygen atoms in total. The van der Waals surface area contributed by atoms with Crippen molar-refractivity contribution < 1.29 is 0 Å². The van der Waals surface area contributed by atoms with Gasteiger partial charge in [-0.2, -0.15) is 0 Å². The lowest BCUT2D eigenvalue weighted by Crippen LogP contribution is -2.26. The zero-order chi connectivity index (χ0) is 10.3. The van der Waals surface area contributed by atoms with Gasteiger partial charge < -0.3 is 5.32 Å². The van der Waals surface area contributed by atoms with Crippen molar-refractivity contribution >= 4 is 5.82 Å². The highest BCUT2D eigenvalue weighted by Gasteiger charge is 2.08. The van der Waals surface area contributed by atoms with Gasteiger partial charge in [0.15, 0.2) is 0 Å². The van der Waals surface area contributed by atoms with Crippen molar-refractivity contribution in [2.75, 3.05) is 5.32 Å². The molecule has 0 unspecified atom stereocenters. The lowest BCUT2D eigenvalue weighted by molar-refractivity contribution is 0.630. The van der Waals surface area contributed by atoms with Crippen LogP contribution in [0.2, 0.25) is 0 Å². The van der Waals surface area contributed by atoms with Crippen LogP contribution in [0.1, 0.15) is 34.6 Å². The summed E-state index contributed by atoms with van der Waals surface area (Å²) in [4.78, 5) is 4.15. The molecule has 1 rings (SSSR count). The average molecular weight is 180 g/mol. The zero-order valence-corrected chi connectivity index (χ0v) is 9.26. The minimum atomic E-state index is 0.0916. The summed E-state index contributed by atoms with van der Waals surface area (Å²) < 4.78 is 0. The Hall–Kier alpha value is -1.05. The Morgan fingerprint density at radius 3 is 2.15 bits per heavy atom. The van der Waals surface area contributed by atoms with Crippen molar-refractivity contribution in [3.8, 4) is 0 Å². The summed E-state index contributed by atoms with van der Waals surface area (Å²) in [6.45, 7) is 10.3. The van der Waals surface area contributed by atoms with Gasteiger partial charge in [0.25, 0.3) is 0 Å². The van der Waals surface area contributed by atoms with Crippen molar-refractivity contribution in [2.24, 2.45) is 0 Å². The Labute approximate surface area is 81.4 Å². The number of anilines is 1. The SMILES string of the molecule is CC.CC(C)(C)Nc1ccccn1. The molecule has 0 saturated carbocycles. The van der Waals surface area contributed by atoms with Crippen molar-refractivity contribution in [1.82, 2.24) is 4.98 Å². The Morgan fingerprint density at radius 1 is 1.15 bits per heavy atom. The van der Waals surface area contributed by atoms with Crippen LogP contribution in [0.5, 0.6) is 0 Å². The van der Waals surface area contributed by atoms with E-state index in [1.165, 1.54) is 0 Å². The van der Waals surface area contributed by atoms with Gasteiger partial charge in [0.1, 0.15) is 5.82 Å².